The molecule has 1 aromatic carbocycles. The summed E-state index contributed by atoms with van der Waals surface area (Å²) in [5, 5.41) is 3.23. The van der Waals surface area contributed by atoms with Crippen LogP contribution in [0.2, 0.25) is 0 Å². The van der Waals surface area contributed by atoms with Gasteiger partial charge in [-0.1, -0.05) is 0 Å². The summed E-state index contributed by atoms with van der Waals surface area (Å²) < 4.78 is 5.36. The van der Waals surface area contributed by atoms with Crippen LogP contribution in [0.3, 0.4) is 0 Å². The molecule has 0 aliphatic carbocycles. The van der Waals surface area contributed by atoms with E-state index >= 15 is 0 Å². The van der Waals surface area contributed by atoms with Crippen LogP contribution in [0.5, 0.6) is 0 Å². The monoisotopic (exact) mass is 176 g/mol. The molecule has 0 amide bonds. The third-order valence-electron chi connectivity index (χ3n) is 1.88. The topological polar surface area (TPSA) is 38.1 Å². The van der Waals surface area contributed by atoms with Crippen LogP contribution < -0.4 is 5.32 Å². The maximum Gasteiger partial charge on any atom is 0.192 e. The van der Waals surface area contributed by atoms with Crippen LogP contribution in [0.15, 0.2) is 22.6 Å². The zero-order valence-electron chi connectivity index (χ0n) is 7.79. The van der Waals surface area contributed by atoms with Gasteiger partial charge in [0.15, 0.2) is 11.5 Å². The molecular weight excluding hydrogens is 164 g/mol. The highest BCUT2D eigenvalue weighted by Gasteiger charge is 2.01. The zero-order valence-corrected chi connectivity index (χ0v) is 7.79. The van der Waals surface area contributed by atoms with Crippen molar-refractivity contribution in [1.29, 1.82) is 0 Å². The Labute approximate surface area is 76.8 Å². The molecule has 3 nitrogen and oxygen atoms in total. The van der Waals surface area contributed by atoms with E-state index in [0.717, 1.165) is 23.3 Å². The molecule has 2 rings (SSSR count). The molecule has 13 heavy (non-hydrogen) atoms. The molecule has 0 radical (unpaired) electrons. The van der Waals surface area contributed by atoms with E-state index < -0.39 is 0 Å². The first-order valence-corrected chi connectivity index (χ1v) is 4.40. The fraction of sp³-hybridized carbons (Fsp3) is 0.300. The average Bonchev–Trinajstić information content (AvgIpc) is 2.44. The molecule has 1 N–H and O–H groups in total. The number of rotatable bonds is 2. The Balaban J connectivity index is 2.48. The number of benzene rings is 1. The second-order valence-electron chi connectivity index (χ2n) is 2.95. The SMILES string of the molecule is CCNc1ccc2oc(C)nc2c1. The lowest BCUT2D eigenvalue weighted by Gasteiger charge is -2.00. The van der Waals surface area contributed by atoms with E-state index in [0.29, 0.717) is 5.89 Å². The smallest absolute Gasteiger partial charge is 0.192 e. The first-order chi connectivity index (χ1) is 6.29. The van der Waals surface area contributed by atoms with Crippen LogP contribution in [0.1, 0.15) is 12.8 Å². The van der Waals surface area contributed by atoms with Gasteiger partial charge in [0.25, 0.3) is 0 Å². The molecule has 3 heteroatoms. The van der Waals surface area contributed by atoms with Gasteiger partial charge in [-0.2, -0.15) is 0 Å². The quantitative estimate of drug-likeness (QED) is 0.764. The van der Waals surface area contributed by atoms with Gasteiger partial charge in [0.1, 0.15) is 5.52 Å². The van der Waals surface area contributed by atoms with Crippen LogP contribution in [0.25, 0.3) is 11.1 Å². The van der Waals surface area contributed by atoms with E-state index in [-0.39, 0.29) is 0 Å². The summed E-state index contributed by atoms with van der Waals surface area (Å²) in [6.45, 7) is 4.84. The minimum atomic E-state index is 0.712. The van der Waals surface area contributed by atoms with Crippen molar-refractivity contribution < 1.29 is 4.42 Å². The van der Waals surface area contributed by atoms with E-state index in [1.165, 1.54) is 0 Å². The van der Waals surface area contributed by atoms with Gasteiger partial charge in [-0.25, -0.2) is 4.98 Å². The third-order valence-corrected chi connectivity index (χ3v) is 1.88. The van der Waals surface area contributed by atoms with E-state index in [1.807, 2.05) is 25.1 Å². The number of fused-ring (bicyclic) bond motifs is 1. The Morgan fingerprint density at radius 3 is 3.08 bits per heavy atom. The summed E-state index contributed by atoms with van der Waals surface area (Å²) in [5.74, 6) is 0.712. The van der Waals surface area contributed by atoms with Gasteiger partial charge in [0, 0.05) is 19.2 Å². The molecule has 0 aliphatic rings. The van der Waals surface area contributed by atoms with Crippen molar-refractivity contribution in [1.82, 2.24) is 4.98 Å². The first-order valence-electron chi connectivity index (χ1n) is 4.40. The summed E-state index contributed by atoms with van der Waals surface area (Å²) in [6, 6.07) is 5.93. The summed E-state index contributed by atoms with van der Waals surface area (Å²) in [7, 11) is 0. The summed E-state index contributed by atoms with van der Waals surface area (Å²) in [6.07, 6.45) is 0. The molecule has 0 saturated heterocycles. The average molecular weight is 176 g/mol. The summed E-state index contributed by atoms with van der Waals surface area (Å²) in [5.41, 5.74) is 2.85. The molecule has 68 valence electrons. The molecular formula is C10H12N2O. The van der Waals surface area contributed by atoms with E-state index in [1.54, 1.807) is 0 Å². The first kappa shape index (κ1) is 8.10. The number of aromatic nitrogens is 1. The van der Waals surface area contributed by atoms with E-state index in [9.17, 15) is 0 Å². The number of oxazole rings is 1. The molecule has 0 unspecified atom stereocenters. The number of aryl methyl sites for hydroxylation is 1. The second-order valence-corrected chi connectivity index (χ2v) is 2.95. The van der Waals surface area contributed by atoms with Crippen molar-refractivity contribution in [2.24, 2.45) is 0 Å². The minimum absolute atomic E-state index is 0.712. The Morgan fingerprint density at radius 2 is 2.31 bits per heavy atom. The van der Waals surface area contributed by atoms with Crippen LogP contribution in [-0.2, 0) is 0 Å². The maximum absolute atomic E-state index is 5.36. The number of nitrogens with zero attached hydrogens (tertiary/aromatic N) is 1. The van der Waals surface area contributed by atoms with Crippen LogP contribution in [0.4, 0.5) is 5.69 Å². The maximum atomic E-state index is 5.36. The van der Waals surface area contributed by atoms with Gasteiger partial charge in [0.05, 0.1) is 0 Å². The second kappa shape index (κ2) is 3.09. The molecule has 2 aromatic rings. The Morgan fingerprint density at radius 1 is 1.46 bits per heavy atom. The van der Waals surface area contributed by atoms with Gasteiger partial charge in [0.2, 0.25) is 0 Å². The van der Waals surface area contributed by atoms with Gasteiger partial charge < -0.3 is 9.73 Å². The van der Waals surface area contributed by atoms with E-state index in [2.05, 4.69) is 17.2 Å². The normalized spacial score (nSPS) is 10.6. The van der Waals surface area contributed by atoms with Crippen molar-refractivity contribution >= 4 is 16.8 Å². The molecule has 0 fully saturated rings. The zero-order chi connectivity index (χ0) is 9.26. The number of nitrogens with one attached hydrogen (secondary N) is 1. The van der Waals surface area contributed by atoms with Crippen molar-refractivity contribution in [2.45, 2.75) is 13.8 Å². The van der Waals surface area contributed by atoms with Gasteiger partial charge >= 0.3 is 0 Å². The third kappa shape index (κ3) is 1.49. The fourth-order valence-corrected chi connectivity index (χ4v) is 1.36. The minimum Gasteiger partial charge on any atom is -0.441 e. The molecule has 0 atom stereocenters. The Hall–Kier alpha value is -1.51. The molecule has 0 aliphatic heterocycles. The van der Waals surface area contributed by atoms with Crippen LogP contribution in [-0.4, -0.2) is 11.5 Å². The van der Waals surface area contributed by atoms with Gasteiger partial charge in [-0.05, 0) is 25.1 Å². The van der Waals surface area contributed by atoms with E-state index in [4.69, 9.17) is 4.42 Å². The predicted octanol–water partition coefficient (Wildman–Crippen LogP) is 2.57. The molecule has 0 saturated carbocycles. The molecule has 1 aromatic heterocycles. The summed E-state index contributed by atoms with van der Waals surface area (Å²) in [4.78, 5) is 4.25. The van der Waals surface area contributed by atoms with Crippen molar-refractivity contribution in [2.75, 3.05) is 11.9 Å². The Bertz CT molecular complexity index is 420. The lowest BCUT2D eigenvalue weighted by molar-refractivity contribution is 0.561. The highest BCUT2D eigenvalue weighted by molar-refractivity contribution is 5.77. The highest BCUT2D eigenvalue weighted by atomic mass is 16.3. The van der Waals surface area contributed by atoms with Crippen molar-refractivity contribution in [3.05, 3.63) is 24.1 Å². The molecule has 0 bridgehead atoms. The number of anilines is 1. The largest absolute Gasteiger partial charge is 0.441 e. The van der Waals surface area contributed by atoms with Crippen molar-refractivity contribution in [3.8, 4) is 0 Å². The van der Waals surface area contributed by atoms with Crippen molar-refractivity contribution in [3.63, 3.8) is 0 Å². The molecule has 0 spiro atoms. The summed E-state index contributed by atoms with van der Waals surface area (Å²) >= 11 is 0. The van der Waals surface area contributed by atoms with Gasteiger partial charge in [-0.3, -0.25) is 0 Å². The van der Waals surface area contributed by atoms with Crippen LogP contribution in [0, 0.1) is 6.92 Å². The molecule has 1 heterocycles. The van der Waals surface area contributed by atoms with Crippen LogP contribution >= 0.6 is 0 Å². The number of hydrogen-bond donors (Lipinski definition) is 1. The predicted molar refractivity (Wildman–Crippen MR) is 52.9 cm³/mol. The number of hydrogen-bond acceptors (Lipinski definition) is 3. The fourth-order valence-electron chi connectivity index (χ4n) is 1.36. The Kier molecular flexibility index (Phi) is 1.93. The van der Waals surface area contributed by atoms with Gasteiger partial charge in [-0.15, -0.1) is 0 Å². The lowest BCUT2D eigenvalue weighted by Crippen LogP contribution is -1.95. The standard InChI is InChI=1S/C10H12N2O/c1-3-11-8-4-5-10-9(6-8)12-7(2)13-10/h4-6,11H,3H2,1-2H3. The lowest BCUT2D eigenvalue weighted by atomic mass is 10.3. The highest BCUT2D eigenvalue weighted by Crippen LogP contribution is 2.19.